The lowest BCUT2D eigenvalue weighted by Crippen LogP contribution is -1.89. The molecule has 5 nitrogen and oxygen atoms in total. The van der Waals surface area contributed by atoms with Gasteiger partial charge in [0.2, 0.25) is 0 Å². The van der Waals surface area contributed by atoms with Crippen LogP contribution >= 0.6 is 0 Å². The van der Waals surface area contributed by atoms with E-state index in [1.54, 1.807) is 54.8 Å². The maximum atomic E-state index is 11.3. The zero-order valence-electron chi connectivity index (χ0n) is 11.4. The minimum atomic E-state index is -0.629. The van der Waals surface area contributed by atoms with Crippen LogP contribution in [-0.2, 0) is 4.79 Å². The van der Waals surface area contributed by atoms with Gasteiger partial charge in [-0.25, -0.2) is 0 Å². The van der Waals surface area contributed by atoms with E-state index in [-0.39, 0.29) is 11.3 Å². The maximum Gasteiger partial charge on any atom is 0.442 e. The van der Waals surface area contributed by atoms with Crippen molar-refractivity contribution >= 4 is 12.2 Å². The second-order valence-electron chi connectivity index (χ2n) is 4.58. The van der Waals surface area contributed by atoms with Crippen LogP contribution in [0, 0.1) is 10.1 Å². The molecule has 2 aromatic carbocycles. The van der Waals surface area contributed by atoms with Crippen molar-refractivity contribution < 1.29 is 14.1 Å². The Labute approximate surface area is 126 Å². The van der Waals surface area contributed by atoms with Crippen LogP contribution in [0.1, 0.15) is 5.76 Å². The molecule has 1 radical (unpaired) electrons. The van der Waals surface area contributed by atoms with Crippen molar-refractivity contribution in [2.45, 2.75) is 0 Å². The highest BCUT2D eigenvalue weighted by Gasteiger charge is 2.30. The first-order valence-corrected chi connectivity index (χ1v) is 6.52. The van der Waals surface area contributed by atoms with Gasteiger partial charge in [0.15, 0.2) is 5.76 Å². The summed E-state index contributed by atoms with van der Waals surface area (Å²) in [5.41, 5.74) is 1.94. The van der Waals surface area contributed by atoms with Crippen molar-refractivity contribution in [2.75, 3.05) is 0 Å². The highest BCUT2D eigenvalue weighted by molar-refractivity contribution is 5.97. The minimum absolute atomic E-state index is 0.170. The smallest absolute Gasteiger partial charge is 0.396 e. The Morgan fingerprint density at radius 2 is 1.36 bits per heavy atom. The first kappa shape index (κ1) is 13.8. The van der Waals surface area contributed by atoms with Crippen LogP contribution in [-0.4, -0.2) is 11.2 Å². The summed E-state index contributed by atoms with van der Waals surface area (Å²) in [5, 5.41) is 11.3. The lowest BCUT2D eigenvalue weighted by Gasteiger charge is -2.03. The Bertz CT molecular complexity index is 823. The molecule has 0 unspecified atom stereocenters. The fraction of sp³-hybridized carbons (Fsp3) is 0. The SMILES string of the molecule is O=[C]c1oc([N+](=O)[O-])c(-c2ccccc2)c1-c1ccccc1. The third-order valence-corrected chi connectivity index (χ3v) is 3.27. The zero-order chi connectivity index (χ0) is 15.5. The number of benzene rings is 2. The molecule has 0 saturated carbocycles. The third kappa shape index (κ3) is 2.29. The summed E-state index contributed by atoms with van der Waals surface area (Å²) in [7, 11) is 0. The van der Waals surface area contributed by atoms with Gasteiger partial charge in [0.1, 0.15) is 10.5 Å². The van der Waals surface area contributed by atoms with Gasteiger partial charge in [0.05, 0.1) is 0 Å². The average Bonchev–Trinajstić information content (AvgIpc) is 2.96. The molecule has 0 N–H and O–H groups in total. The van der Waals surface area contributed by atoms with Crippen LogP contribution in [0.4, 0.5) is 5.88 Å². The molecule has 1 aromatic heterocycles. The van der Waals surface area contributed by atoms with Gasteiger partial charge in [-0.05, 0) is 11.1 Å². The Balaban J connectivity index is 2.37. The molecule has 107 valence electrons. The van der Waals surface area contributed by atoms with Gasteiger partial charge >= 0.3 is 5.88 Å². The normalized spacial score (nSPS) is 10.4. The molecule has 3 aromatic rings. The summed E-state index contributed by atoms with van der Waals surface area (Å²) in [4.78, 5) is 21.8. The molecular weight excluding hydrogens is 282 g/mol. The van der Waals surface area contributed by atoms with Crippen LogP contribution in [0.2, 0.25) is 0 Å². The van der Waals surface area contributed by atoms with Crippen molar-refractivity contribution in [3.63, 3.8) is 0 Å². The van der Waals surface area contributed by atoms with Crippen molar-refractivity contribution in [2.24, 2.45) is 0 Å². The second-order valence-corrected chi connectivity index (χ2v) is 4.58. The predicted octanol–water partition coefficient (Wildman–Crippen LogP) is 3.98. The summed E-state index contributed by atoms with van der Waals surface area (Å²) in [5.74, 6) is -0.625. The fourth-order valence-corrected chi connectivity index (χ4v) is 2.37. The summed E-state index contributed by atoms with van der Waals surface area (Å²) in [6.07, 6.45) is 1.66. The van der Waals surface area contributed by atoms with E-state index < -0.39 is 10.8 Å². The fourth-order valence-electron chi connectivity index (χ4n) is 2.37. The van der Waals surface area contributed by atoms with E-state index in [0.717, 1.165) is 0 Å². The standard InChI is InChI=1S/C17H10NO4/c19-11-14-15(12-7-3-1-4-8-12)16(17(22-14)18(20)21)13-9-5-2-6-10-13/h1-10H. The molecular formula is C17H10NO4. The van der Waals surface area contributed by atoms with E-state index in [0.29, 0.717) is 16.7 Å². The highest BCUT2D eigenvalue weighted by Crippen LogP contribution is 2.43. The number of rotatable bonds is 4. The van der Waals surface area contributed by atoms with Crippen LogP contribution in [0.25, 0.3) is 22.3 Å². The average molecular weight is 292 g/mol. The van der Waals surface area contributed by atoms with Gasteiger partial charge in [-0.1, -0.05) is 60.7 Å². The largest absolute Gasteiger partial charge is 0.442 e. The lowest BCUT2D eigenvalue weighted by molar-refractivity contribution is -0.401. The van der Waals surface area contributed by atoms with Gasteiger partial charge < -0.3 is 4.42 Å². The molecule has 0 saturated heterocycles. The predicted molar refractivity (Wildman–Crippen MR) is 81.0 cm³/mol. The van der Waals surface area contributed by atoms with Gasteiger partial charge in [-0.15, -0.1) is 0 Å². The first-order valence-electron chi connectivity index (χ1n) is 6.52. The van der Waals surface area contributed by atoms with Crippen molar-refractivity contribution in [3.8, 4) is 22.3 Å². The van der Waals surface area contributed by atoms with Gasteiger partial charge in [0.25, 0.3) is 6.29 Å². The van der Waals surface area contributed by atoms with Crippen molar-refractivity contribution in [1.29, 1.82) is 0 Å². The van der Waals surface area contributed by atoms with E-state index in [9.17, 15) is 14.9 Å². The molecule has 0 atom stereocenters. The van der Waals surface area contributed by atoms with Crippen LogP contribution in [0.5, 0.6) is 0 Å². The molecule has 0 fully saturated rings. The van der Waals surface area contributed by atoms with E-state index >= 15 is 0 Å². The maximum absolute atomic E-state index is 11.3. The number of nitro groups is 1. The minimum Gasteiger partial charge on any atom is -0.396 e. The van der Waals surface area contributed by atoms with Gasteiger partial charge in [0, 0.05) is 5.56 Å². The molecule has 0 aliphatic rings. The van der Waals surface area contributed by atoms with E-state index in [4.69, 9.17) is 4.42 Å². The first-order chi connectivity index (χ1) is 10.7. The topological polar surface area (TPSA) is 73.3 Å². The molecule has 0 amide bonds. The van der Waals surface area contributed by atoms with E-state index in [1.807, 2.05) is 12.1 Å². The summed E-state index contributed by atoms with van der Waals surface area (Å²) >= 11 is 0. The monoisotopic (exact) mass is 292 g/mol. The Hall–Kier alpha value is -3.21. The summed E-state index contributed by atoms with van der Waals surface area (Å²) in [6, 6.07) is 17.8. The highest BCUT2D eigenvalue weighted by atomic mass is 16.6. The third-order valence-electron chi connectivity index (χ3n) is 3.27. The number of hydrogen-bond donors (Lipinski definition) is 0. The van der Waals surface area contributed by atoms with Crippen LogP contribution in [0.3, 0.4) is 0 Å². The number of carbonyl (C=O) groups excluding carboxylic acids is 1. The van der Waals surface area contributed by atoms with Crippen molar-refractivity contribution in [3.05, 3.63) is 76.5 Å². The molecule has 3 rings (SSSR count). The Kier molecular flexibility index (Phi) is 3.53. The van der Waals surface area contributed by atoms with Gasteiger partial charge in [-0.3, -0.25) is 14.9 Å². The number of furan rings is 1. The van der Waals surface area contributed by atoms with Crippen LogP contribution < -0.4 is 0 Å². The quantitative estimate of drug-likeness (QED) is 0.538. The molecule has 22 heavy (non-hydrogen) atoms. The number of nitrogens with zero attached hydrogens (tertiary/aromatic N) is 1. The Morgan fingerprint density at radius 1 is 0.864 bits per heavy atom. The van der Waals surface area contributed by atoms with Crippen molar-refractivity contribution in [1.82, 2.24) is 0 Å². The lowest BCUT2D eigenvalue weighted by atomic mass is 9.96. The second kappa shape index (κ2) is 5.65. The van der Waals surface area contributed by atoms with E-state index in [1.165, 1.54) is 0 Å². The molecule has 0 aliphatic heterocycles. The molecule has 0 bridgehead atoms. The molecule has 5 heteroatoms. The van der Waals surface area contributed by atoms with Gasteiger partial charge in [-0.2, -0.15) is 0 Å². The zero-order valence-corrected chi connectivity index (χ0v) is 11.4. The molecule has 0 spiro atoms. The van der Waals surface area contributed by atoms with E-state index in [2.05, 4.69) is 0 Å². The number of hydrogen-bond acceptors (Lipinski definition) is 4. The molecule has 0 aliphatic carbocycles. The summed E-state index contributed by atoms with van der Waals surface area (Å²) in [6.45, 7) is 0. The summed E-state index contributed by atoms with van der Waals surface area (Å²) < 4.78 is 5.14. The van der Waals surface area contributed by atoms with Crippen LogP contribution in [0.15, 0.2) is 65.1 Å². The molecule has 1 heterocycles. The Morgan fingerprint density at radius 3 is 1.82 bits per heavy atom.